The van der Waals surface area contributed by atoms with Crippen molar-refractivity contribution in [3.05, 3.63) is 70.5 Å². The number of benzene rings is 2. The molecule has 1 amide bonds. The standard InChI is InChI=1S/C22H21N5O2S/c28-19-18(12-6-7-13-23-19)30-22-25-24-21-26(14-15-8-2-1-3-9-15)20(29)16-10-4-5-11-17(16)27(21)22/h1-5,8-11,18H,6-7,12-14H2,(H,23,28)/t18-/m1/s1. The lowest BCUT2D eigenvalue weighted by Crippen LogP contribution is -2.30. The van der Waals surface area contributed by atoms with E-state index in [2.05, 4.69) is 15.5 Å². The summed E-state index contributed by atoms with van der Waals surface area (Å²) in [7, 11) is 0. The van der Waals surface area contributed by atoms with Gasteiger partial charge in [-0.3, -0.25) is 18.6 Å². The summed E-state index contributed by atoms with van der Waals surface area (Å²) in [5.74, 6) is 0.523. The van der Waals surface area contributed by atoms with E-state index >= 15 is 0 Å². The fraction of sp³-hybridized carbons (Fsp3) is 0.273. The predicted octanol–water partition coefficient (Wildman–Crippen LogP) is 2.85. The van der Waals surface area contributed by atoms with Crippen LogP contribution < -0.4 is 10.9 Å². The molecule has 0 radical (unpaired) electrons. The van der Waals surface area contributed by atoms with Gasteiger partial charge in [0.1, 0.15) is 0 Å². The molecule has 0 saturated carbocycles. The molecule has 2 aromatic carbocycles. The molecule has 1 fully saturated rings. The van der Waals surface area contributed by atoms with Crippen molar-refractivity contribution >= 4 is 34.3 Å². The molecule has 30 heavy (non-hydrogen) atoms. The number of thioether (sulfide) groups is 1. The van der Waals surface area contributed by atoms with Gasteiger partial charge in [0.2, 0.25) is 11.7 Å². The number of para-hydroxylation sites is 1. The third-order valence-corrected chi connectivity index (χ3v) is 6.60. The number of carbonyl (C=O) groups is 1. The Kier molecular flexibility index (Phi) is 5.00. The van der Waals surface area contributed by atoms with E-state index in [1.165, 1.54) is 11.8 Å². The Morgan fingerprint density at radius 2 is 1.80 bits per heavy atom. The van der Waals surface area contributed by atoms with Crippen LogP contribution in [-0.2, 0) is 11.3 Å². The summed E-state index contributed by atoms with van der Waals surface area (Å²) in [6.07, 6.45) is 2.78. The van der Waals surface area contributed by atoms with Crippen molar-refractivity contribution in [1.29, 1.82) is 0 Å². The van der Waals surface area contributed by atoms with Crippen molar-refractivity contribution in [3.8, 4) is 0 Å². The first-order chi connectivity index (χ1) is 14.7. The van der Waals surface area contributed by atoms with Crippen LogP contribution in [0.4, 0.5) is 0 Å². The van der Waals surface area contributed by atoms with Gasteiger partial charge in [0.05, 0.1) is 22.7 Å². The highest BCUT2D eigenvalue weighted by Gasteiger charge is 2.25. The molecule has 1 atom stereocenters. The molecule has 1 saturated heterocycles. The zero-order valence-electron chi connectivity index (χ0n) is 16.3. The highest BCUT2D eigenvalue weighted by Crippen LogP contribution is 2.29. The van der Waals surface area contributed by atoms with Gasteiger partial charge in [-0.05, 0) is 30.5 Å². The highest BCUT2D eigenvalue weighted by molar-refractivity contribution is 8.00. The summed E-state index contributed by atoms with van der Waals surface area (Å²) < 4.78 is 3.56. The van der Waals surface area contributed by atoms with Crippen LogP contribution in [-0.4, -0.2) is 36.9 Å². The zero-order valence-corrected chi connectivity index (χ0v) is 17.1. The normalized spacial score (nSPS) is 17.2. The van der Waals surface area contributed by atoms with Gasteiger partial charge in [-0.25, -0.2) is 0 Å². The molecule has 3 heterocycles. The third-order valence-electron chi connectivity index (χ3n) is 5.39. The lowest BCUT2D eigenvalue weighted by molar-refractivity contribution is -0.120. The van der Waals surface area contributed by atoms with Crippen molar-refractivity contribution in [2.75, 3.05) is 6.54 Å². The Bertz CT molecular complexity index is 1280. The summed E-state index contributed by atoms with van der Waals surface area (Å²) in [4.78, 5) is 25.7. The molecule has 7 nitrogen and oxygen atoms in total. The molecule has 2 aromatic heterocycles. The van der Waals surface area contributed by atoms with Crippen LogP contribution in [0.3, 0.4) is 0 Å². The smallest absolute Gasteiger partial charge is 0.263 e. The molecule has 0 spiro atoms. The van der Waals surface area contributed by atoms with Crippen molar-refractivity contribution in [2.24, 2.45) is 0 Å². The second-order valence-corrected chi connectivity index (χ2v) is 8.58. The lowest BCUT2D eigenvalue weighted by atomic mass is 10.2. The first-order valence-electron chi connectivity index (χ1n) is 10.1. The number of nitrogens with zero attached hydrogens (tertiary/aromatic N) is 4. The van der Waals surface area contributed by atoms with Gasteiger partial charge in [0.15, 0.2) is 5.16 Å². The monoisotopic (exact) mass is 419 g/mol. The fourth-order valence-corrected chi connectivity index (χ4v) is 4.97. The van der Waals surface area contributed by atoms with Crippen LogP contribution in [0, 0.1) is 0 Å². The highest BCUT2D eigenvalue weighted by atomic mass is 32.2. The summed E-state index contributed by atoms with van der Waals surface area (Å²) in [6.45, 7) is 1.12. The number of aromatic nitrogens is 4. The molecule has 8 heteroatoms. The summed E-state index contributed by atoms with van der Waals surface area (Å²) >= 11 is 1.42. The van der Waals surface area contributed by atoms with Crippen LogP contribution in [0.1, 0.15) is 24.8 Å². The molecule has 0 aliphatic carbocycles. The van der Waals surface area contributed by atoms with E-state index < -0.39 is 0 Å². The molecule has 0 bridgehead atoms. The van der Waals surface area contributed by atoms with Crippen molar-refractivity contribution < 1.29 is 4.79 Å². The maximum absolute atomic E-state index is 13.3. The Balaban J connectivity index is 1.67. The van der Waals surface area contributed by atoms with Crippen LogP contribution >= 0.6 is 11.8 Å². The van der Waals surface area contributed by atoms with Gasteiger partial charge in [0.25, 0.3) is 5.56 Å². The molecule has 0 unspecified atom stereocenters. The van der Waals surface area contributed by atoms with Gasteiger partial charge in [0, 0.05) is 6.54 Å². The number of carbonyl (C=O) groups excluding carboxylic acids is 1. The average molecular weight is 420 g/mol. The van der Waals surface area contributed by atoms with Gasteiger partial charge >= 0.3 is 0 Å². The number of amides is 1. The molecule has 5 rings (SSSR count). The van der Waals surface area contributed by atoms with E-state index in [4.69, 9.17) is 0 Å². The molecule has 1 N–H and O–H groups in total. The summed E-state index contributed by atoms with van der Waals surface area (Å²) in [6, 6.07) is 17.3. The third kappa shape index (κ3) is 3.37. The number of fused-ring (bicyclic) bond motifs is 3. The fourth-order valence-electron chi connectivity index (χ4n) is 3.87. The van der Waals surface area contributed by atoms with Crippen molar-refractivity contribution in [2.45, 2.75) is 36.2 Å². The minimum Gasteiger partial charge on any atom is -0.355 e. The number of nitrogens with one attached hydrogen (secondary N) is 1. The largest absolute Gasteiger partial charge is 0.355 e. The van der Waals surface area contributed by atoms with E-state index in [1.807, 2.05) is 59.0 Å². The molecular formula is C22H21N5O2S. The lowest BCUT2D eigenvalue weighted by Gasteiger charge is -2.14. The van der Waals surface area contributed by atoms with E-state index in [9.17, 15) is 9.59 Å². The van der Waals surface area contributed by atoms with Gasteiger partial charge in [-0.1, -0.05) is 60.6 Å². The van der Waals surface area contributed by atoms with Gasteiger partial charge < -0.3 is 5.32 Å². The molecule has 152 valence electrons. The van der Waals surface area contributed by atoms with Crippen LogP contribution in [0.5, 0.6) is 0 Å². The van der Waals surface area contributed by atoms with E-state index in [0.717, 1.165) is 36.9 Å². The second-order valence-electron chi connectivity index (χ2n) is 7.41. The Hall–Kier alpha value is -3.13. The second kappa shape index (κ2) is 7.95. The maximum atomic E-state index is 13.3. The topological polar surface area (TPSA) is 81.3 Å². The quantitative estimate of drug-likeness (QED) is 0.550. The summed E-state index contributed by atoms with van der Waals surface area (Å²) in [5.41, 5.74) is 1.67. The van der Waals surface area contributed by atoms with Crippen molar-refractivity contribution in [3.63, 3.8) is 0 Å². The van der Waals surface area contributed by atoms with Gasteiger partial charge in [-0.15, -0.1) is 10.2 Å². The number of hydrogen-bond acceptors (Lipinski definition) is 5. The average Bonchev–Trinajstić information content (AvgIpc) is 3.08. The van der Waals surface area contributed by atoms with E-state index in [0.29, 0.717) is 22.9 Å². The predicted molar refractivity (Wildman–Crippen MR) is 117 cm³/mol. The molecule has 4 aromatic rings. The Morgan fingerprint density at radius 3 is 2.67 bits per heavy atom. The molecule has 1 aliphatic rings. The van der Waals surface area contributed by atoms with E-state index in [1.54, 1.807) is 4.57 Å². The van der Waals surface area contributed by atoms with Crippen molar-refractivity contribution in [1.82, 2.24) is 24.5 Å². The minimum atomic E-state index is -0.215. The Labute approximate surface area is 177 Å². The molecule has 1 aliphatic heterocycles. The first-order valence-corrected chi connectivity index (χ1v) is 11.0. The number of hydrogen-bond donors (Lipinski definition) is 1. The van der Waals surface area contributed by atoms with Crippen LogP contribution in [0.15, 0.2) is 64.5 Å². The first kappa shape index (κ1) is 18.9. The van der Waals surface area contributed by atoms with Gasteiger partial charge in [-0.2, -0.15) is 0 Å². The minimum absolute atomic E-state index is 0.0381. The van der Waals surface area contributed by atoms with Crippen LogP contribution in [0.25, 0.3) is 16.7 Å². The zero-order chi connectivity index (χ0) is 20.5. The maximum Gasteiger partial charge on any atom is 0.263 e. The number of rotatable bonds is 4. The SMILES string of the molecule is O=C1NCCCC[C@H]1Sc1nnc2n(Cc3ccccc3)c(=O)c3ccccc3n12. The van der Waals surface area contributed by atoms with Crippen LogP contribution in [0.2, 0.25) is 0 Å². The van der Waals surface area contributed by atoms with E-state index in [-0.39, 0.29) is 16.7 Å². The molecular weight excluding hydrogens is 398 g/mol. The Morgan fingerprint density at radius 1 is 1.00 bits per heavy atom. The summed E-state index contributed by atoms with van der Waals surface area (Å²) in [5, 5.41) is 12.7.